The zero-order valence-corrected chi connectivity index (χ0v) is 19.3. The summed E-state index contributed by atoms with van der Waals surface area (Å²) >= 11 is 1.40. The number of aromatic nitrogens is 3. The van der Waals surface area contributed by atoms with Crippen LogP contribution in [0.15, 0.2) is 59.8 Å². The Hall–Kier alpha value is -2.88. The molecule has 0 spiro atoms. The number of rotatable bonds is 7. The molecular weight excluding hydrogens is 436 g/mol. The maximum atomic E-state index is 12.7. The van der Waals surface area contributed by atoms with Crippen molar-refractivity contribution in [2.45, 2.75) is 36.5 Å². The normalized spacial score (nSPS) is 22.0. The van der Waals surface area contributed by atoms with Gasteiger partial charge in [-0.1, -0.05) is 42.1 Å². The topological polar surface area (TPSA) is 93.1 Å². The molecule has 1 amide bonds. The number of carbonyl (C=O) groups is 1. The van der Waals surface area contributed by atoms with Crippen LogP contribution in [0.3, 0.4) is 0 Å². The second-order valence-corrected chi connectivity index (χ2v) is 9.41. The van der Waals surface area contributed by atoms with Gasteiger partial charge in [-0.15, -0.1) is 10.2 Å². The number of ether oxygens (including phenoxy) is 1. The number of benzene rings is 2. The van der Waals surface area contributed by atoms with Gasteiger partial charge in [0.2, 0.25) is 5.91 Å². The first kappa shape index (κ1) is 21.9. The third kappa shape index (κ3) is 4.90. The molecule has 1 aromatic heterocycles. The number of hydrogen-bond donors (Lipinski definition) is 3. The maximum absolute atomic E-state index is 12.7. The summed E-state index contributed by atoms with van der Waals surface area (Å²) in [5.74, 6) is 2.51. The Bertz CT molecular complexity index is 1090. The summed E-state index contributed by atoms with van der Waals surface area (Å²) in [6.45, 7) is 1.02. The highest BCUT2D eigenvalue weighted by atomic mass is 32.2. The summed E-state index contributed by atoms with van der Waals surface area (Å²) in [7, 11) is 1.65. The Morgan fingerprint density at radius 1 is 1.15 bits per heavy atom. The summed E-state index contributed by atoms with van der Waals surface area (Å²) in [6, 6.07) is 18.4. The molecule has 2 aromatic carbocycles. The number of nitrogens with zero attached hydrogens (tertiary/aromatic N) is 3. The minimum Gasteiger partial charge on any atom is -0.497 e. The van der Waals surface area contributed by atoms with Gasteiger partial charge in [-0.25, -0.2) is 0 Å². The maximum Gasteiger partial charge on any atom is 0.230 e. The van der Waals surface area contributed by atoms with Gasteiger partial charge < -0.3 is 10.1 Å². The predicted octanol–water partition coefficient (Wildman–Crippen LogP) is 2.80. The molecule has 172 valence electrons. The van der Waals surface area contributed by atoms with Crippen LogP contribution in [0.1, 0.15) is 19.3 Å². The Morgan fingerprint density at radius 2 is 1.97 bits per heavy atom. The van der Waals surface area contributed by atoms with Gasteiger partial charge in [0.25, 0.3) is 0 Å². The molecule has 3 N–H and O–H groups in total. The molecule has 1 aliphatic heterocycles. The van der Waals surface area contributed by atoms with Gasteiger partial charge in [-0.05, 0) is 49.4 Å². The van der Waals surface area contributed by atoms with Crippen molar-refractivity contribution < 1.29 is 9.53 Å². The van der Waals surface area contributed by atoms with Crippen molar-refractivity contribution >= 4 is 17.7 Å². The highest BCUT2D eigenvalue weighted by Gasteiger charge is 2.34. The molecule has 8 nitrogen and oxygen atoms in total. The van der Waals surface area contributed by atoms with E-state index in [9.17, 15) is 4.79 Å². The Labute approximate surface area is 197 Å². The number of hydrazine groups is 1. The number of hydrogen-bond acceptors (Lipinski definition) is 7. The van der Waals surface area contributed by atoms with Crippen molar-refractivity contribution in [1.29, 1.82) is 0 Å². The van der Waals surface area contributed by atoms with Crippen LogP contribution < -0.4 is 20.9 Å². The number of carbonyl (C=O) groups excluding carboxylic acids is 1. The minimum atomic E-state index is 0.0277. The first-order valence-electron chi connectivity index (χ1n) is 11.3. The van der Waals surface area contributed by atoms with Crippen LogP contribution in [-0.2, 0) is 4.79 Å². The summed E-state index contributed by atoms with van der Waals surface area (Å²) in [5, 5.41) is 12.8. The second kappa shape index (κ2) is 9.94. The van der Waals surface area contributed by atoms with Crippen LogP contribution in [-0.4, -0.2) is 52.2 Å². The van der Waals surface area contributed by atoms with Gasteiger partial charge in [0.15, 0.2) is 11.0 Å². The van der Waals surface area contributed by atoms with E-state index in [1.165, 1.54) is 11.8 Å². The molecule has 9 heteroatoms. The molecule has 0 bridgehead atoms. The van der Waals surface area contributed by atoms with Crippen LogP contribution in [0, 0.1) is 5.92 Å². The summed E-state index contributed by atoms with van der Waals surface area (Å²) in [4.78, 5) is 12.7. The fraction of sp³-hybridized carbons (Fsp3) is 0.375. The first-order valence-corrected chi connectivity index (χ1v) is 12.3. The summed E-state index contributed by atoms with van der Waals surface area (Å²) in [6.07, 6.45) is 3.13. The molecular formula is C24H28N6O2S. The lowest BCUT2D eigenvalue weighted by molar-refractivity contribution is -0.119. The SMILES string of the molecule is COc1ccc(-n2c(SCC(=O)NC3CCC4CNNC4C3)nnc2-c2ccccc2)cc1. The number of amides is 1. The minimum absolute atomic E-state index is 0.0277. The van der Waals surface area contributed by atoms with Crippen molar-refractivity contribution in [3.8, 4) is 22.8 Å². The Kier molecular flexibility index (Phi) is 6.61. The van der Waals surface area contributed by atoms with Crippen molar-refractivity contribution in [2.24, 2.45) is 5.92 Å². The van der Waals surface area contributed by atoms with Crippen LogP contribution in [0.25, 0.3) is 17.1 Å². The average molecular weight is 465 g/mol. The van der Waals surface area contributed by atoms with Gasteiger partial charge in [0.1, 0.15) is 5.75 Å². The van der Waals surface area contributed by atoms with Gasteiger partial charge in [0.05, 0.1) is 12.9 Å². The quantitative estimate of drug-likeness (QED) is 0.463. The van der Waals surface area contributed by atoms with E-state index < -0.39 is 0 Å². The highest BCUT2D eigenvalue weighted by molar-refractivity contribution is 7.99. The molecule has 3 aromatic rings. The standard InChI is InChI=1S/C24H28N6O2S/c1-32-20-11-9-19(10-12-20)30-23(16-5-3-2-4-6-16)28-29-24(30)33-15-22(31)26-18-8-7-17-14-25-27-21(17)13-18/h2-6,9-12,17-18,21,25,27H,7-8,13-15H2,1H3,(H,26,31). The van der Waals surface area contributed by atoms with Gasteiger partial charge >= 0.3 is 0 Å². The Balaban J connectivity index is 1.31. The zero-order chi connectivity index (χ0) is 22.6. The molecule has 3 unspecified atom stereocenters. The number of methoxy groups -OCH3 is 1. The van der Waals surface area contributed by atoms with E-state index in [0.29, 0.717) is 22.9 Å². The molecule has 33 heavy (non-hydrogen) atoms. The third-order valence-electron chi connectivity index (χ3n) is 6.34. The van der Waals surface area contributed by atoms with E-state index in [1.54, 1.807) is 7.11 Å². The molecule has 5 rings (SSSR count). The van der Waals surface area contributed by atoms with Crippen molar-refractivity contribution in [3.05, 3.63) is 54.6 Å². The monoisotopic (exact) mass is 464 g/mol. The van der Waals surface area contributed by atoms with Crippen LogP contribution in [0.4, 0.5) is 0 Å². The van der Waals surface area contributed by atoms with Crippen molar-refractivity contribution in [1.82, 2.24) is 30.9 Å². The highest BCUT2D eigenvalue weighted by Crippen LogP contribution is 2.29. The molecule has 2 heterocycles. The molecule has 0 radical (unpaired) electrons. The molecule has 1 aliphatic carbocycles. The fourth-order valence-electron chi connectivity index (χ4n) is 4.61. The summed E-state index contributed by atoms with van der Waals surface area (Å²) in [5.41, 5.74) is 8.45. The lowest BCUT2D eigenvalue weighted by Gasteiger charge is -2.31. The third-order valence-corrected chi connectivity index (χ3v) is 7.27. The average Bonchev–Trinajstić information content (AvgIpc) is 3.50. The summed E-state index contributed by atoms with van der Waals surface area (Å²) < 4.78 is 7.29. The molecule has 1 saturated heterocycles. The second-order valence-electron chi connectivity index (χ2n) is 8.46. The number of fused-ring (bicyclic) bond motifs is 1. The van der Waals surface area contributed by atoms with E-state index in [1.807, 2.05) is 59.2 Å². The van der Waals surface area contributed by atoms with E-state index in [2.05, 4.69) is 26.4 Å². The first-order chi connectivity index (χ1) is 16.2. The molecule has 3 atom stereocenters. The smallest absolute Gasteiger partial charge is 0.230 e. The van der Waals surface area contributed by atoms with Crippen LogP contribution in [0.2, 0.25) is 0 Å². The number of thioether (sulfide) groups is 1. The number of nitrogens with one attached hydrogen (secondary N) is 3. The molecule has 2 fully saturated rings. The molecule has 2 aliphatic rings. The van der Waals surface area contributed by atoms with E-state index in [4.69, 9.17) is 4.74 Å². The van der Waals surface area contributed by atoms with Gasteiger partial charge in [0, 0.05) is 29.9 Å². The Morgan fingerprint density at radius 3 is 2.76 bits per heavy atom. The van der Waals surface area contributed by atoms with Crippen molar-refractivity contribution in [3.63, 3.8) is 0 Å². The lowest BCUT2D eigenvalue weighted by Crippen LogP contribution is -2.45. The van der Waals surface area contributed by atoms with E-state index in [-0.39, 0.29) is 11.9 Å². The van der Waals surface area contributed by atoms with Crippen LogP contribution in [0.5, 0.6) is 5.75 Å². The van der Waals surface area contributed by atoms with Crippen LogP contribution >= 0.6 is 11.8 Å². The zero-order valence-electron chi connectivity index (χ0n) is 18.5. The fourth-order valence-corrected chi connectivity index (χ4v) is 5.37. The largest absolute Gasteiger partial charge is 0.497 e. The molecule has 1 saturated carbocycles. The van der Waals surface area contributed by atoms with Crippen molar-refractivity contribution in [2.75, 3.05) is 19.4 Å². The van der Waals surface area contributed by atoms with E-state index in [0.717, 1.165) is 48.6 Å². The van der Waals surface area contributed by atoms with Gasteiger partial charge in [-0.3, -0.25) is 20.2 Å². The lowest BCUT2D eigenvalue weighted by atomic mass is 9.83. The van der Waals surface area contributed by atoms with E-state index >= 15 is 0 Å². The van der Waals surface area contributed by atoms with Gasteiger partial charge in [-0.2, -0.15) is 0 Å². The predicted molar refractivity (Wildman–Crippen MR) is 128 cm³/mol.